The van der Waals surface area contributed by atoms with E-state index in [0.29, 0.717) is 54.8 Å². The first-order chi connectivity index (χ1) is 22.8. The minimum absolute atomic E-state index is 0.0401. The van der Waals surface area contributed by atoms with Gasteiger partial charge < -0.3 is 10.1 Å². The summed E-state index contributed by atoms with van der Waals surface area (Å²) >= 11 is 0. The van der Waals surface area contributed by atoms with Gasteiger partial charge in [-0.1, -0.05) is 132 Å². The van der Waals surface area contributed by atoms with Gasteiger partial charge in [0, 0.05) is 19.4 Å². The average Bonchev–Trinajstić information content (AvgIpc) is 3.04. The Morgan fingerprint density at radius 1 is 0.792 bits per heavy atom. The van der Waals surface area contributed by atoms with Gasteiger partial charge in [-0.2, -0.15) is 0 Å². The number of ether oxygens (including phenoxy) is 1. The first kappa shape index (κ1) is 44.7. The fourth-order valence-electron chi connectivity index (χ4n) is 8.19. The van der Waals surface area contributed by atoms with E-state index in [1.807, 2.05) is 0 Å². The topological polar surface area (TPSA) is 55.4 Å². The maximum absolute atomic E-state index is 12.9. The van der Waals surface area contributed by atoms with E-state index in [1.165, 1.54) is 83.5 Å². The standard InChI is InChI=1S/C44H83NO3/c1-10-12-13-14-15-16-17-18-19-20-21-27-39(46)28-24-35-45-42(47)48-40-29-23-30-41(37(5)26-22-25-36(3)4)43(7,8)33-31-38(6)44(9,11-2)34-32-40/h13-14,36-38,40-41H,10-12,15-35H2,1-9H3,(H,45,47)/b14-13-/t37-,38?,40-,41-,44-/m1/s1. The third kappa shape index (κ3) is 19.8. The summed E-state index contributed by atoms with van der Waals surface area (Å²) in [6, 6.07) is 0. The highest BCUT2D eigenvalue weighted by Crippen LogP contribution is 2.47. The van der Waals surface area contributed by atoms with Gasteiger partial charge in [-0.15, -0.1) is 0 Å². The summed E-state index contributed by atoms with van der Waals surface area (Å²) < 4.78 is 6.12. The molecule has 0 spiro atoms. The number of hydrogen-bond acceptors (Lipinski definition) is 3. The van der Waals surface area contributed by atoms with Crippen molar-refractivity contribution in [1.29, 1.82) is 0 Å². The fourth-order valence-corrected chi connectivity index (χ4v) is 8.19. The predicted molar refractivity (Wildman–Crippen MR) is 209 cm³/mol. The minimum Gasteiger partial charge on any atom is -0.446 e. The van der Waals surface area contributed by atoms with Crippen LogP contribution in [-0.4, -0.2) is 24.5 Å². The Morgan fingerprint density at radius 3 is 2.15 bits per heavy atom. The Bertz CT molecular complexity index is 863. The van der Waals surface area contributed by atoms with E-state index in [9.17, 15) is 9.59 Å². The maximum atomic E-state index is 12.9. The lowest BCUT2D eigenvalue weighted by atomic mass is 9.63. The largest absolute Gasteiger partial charge is 0.446 e. The Balaban J connectivity index is 2.53. The number of rotatable bonds is 22. The molecule has 1 aliphatic carbocycles. The van der Waals surface area contributed by atoms with Crippen LogP contribution in [0.5, 0.6) is 0 Å². The molecule has 0 aromatic carbocycles. The van der Waals surface area contributed by atoms with Gasteiger partial charge in [-0.25, -0.2) is 4.79 Å². The molecule has 5 atom stereocenters. The van der Waals surface area contributed by atoms with Gasteiger partial charge in [0.2, 0.25) is 0 Å². The van der Waals surface area contributed by atoms with E-state index in [4.69, 9.17) is 4.74 Å². The van der Waals surface area contributed by atoms with Crippen LogP contribution >= 0.6 is 0 Å². The molecule has 1 amide bonds. The number of unbranched alkanes of at least 4 members (excludes halogenated alkanes) is 7. The summed E-state index contributed by atoms with van der Waals surface area (Å²) in [4.78, 5) is 25.4. The second-order valence-electron chi connectivity index (χ2n) is 17.3. The average molecular weight is 674 g/mol. The second-order valence-corrected chi connectivity index (χ2v) is 17.3. The van der Waals surface area contributed by atoms with Crippen LogP contribution < -0.4 is 5.32 Å². The molecule has 4 heteroatoms. The van der Waals surface area contributed by atoms with Crippen molar-refractivity contribution in [2.45, 2.75) is 216 Å². The molecule has 0 radical (unpaired) electrons. The number of alkyl carbamates (subject to hydrolysis) is 1. The lowest BCUT2D eigenvalue weighted by molar-refractivity contribution is -0.119. The van der Waals surface area contributed by atoms with Gasteiger partial charge in [0.15, 0.2) is 0 Å². The van der Waals surface area contributed by atoms with Crippen molar-refractivity contribution < 1.29 is 14.3 Å². The Hall–Kier alpha value is -1.32. The fraction of sp³-hybridized carbons (Fsp3) is 0.909. The molecule has 48 heavy (non-hydrogen) atoms. The zero-order chi connectivity index (χ0) is 35.8. The molecule has 1 rings (SSSR count). The Labute approximate surface area is 300 Å². The van der Waals surface area contributed by atoms with E-state index >= 15 is 0 Å². The first-order valence-corrected chi connectivity index (χ1v) is 21.0. The predicted octanol–water partition coefficient (Wildman–Crippen LogP) is 13.8. The molecule has 1 unspecified atom stereocenters. The van der Waals surface area contributed by atoms with Crippen molar-refractivity contribution in [1.82, 2.24) is 5.32 Å². The molecule has 0 aromatic rings. The number of amides is 1. The number of allylic oxidation sites excluding steroid dienone is 2. The van der Waals surface area contributed by atoms with E-state index in [1.54, 1.807) is 0 Å². The van der Waals surface area contributed by atoms with Crippen LogP contribution in [-0.2, 0) is 9.53 Å². The molecule has 1 aliphatic rings. The highest BCUT2D eigenvalue weighted by atomic mass is 16.6. The van der Waals surface area contributed by atoms with Crippen LogP contribution in [0.1, 0.15) is 210 Å². The molecular formula is C44H83NO3. The summed E-state index contributed by atoms with van der Waals surface area (Å²) in [5.74, 6) is 3.16. The lowest BCUT2D eigenvalue weighted by Crippen LogP contribution is -2.35. The van der Waals surface area contributed by atoms with E-state index in [2.05, 4.69) is 79.8 Å². The van der Waals surface area contributed by atoms with Crippen molar-refractivity contribution >= 4 is 11.9 Å². The summed E-state index contributed by atoms with van der Waals surface area (Å²) in [5, 5.41) is 2.98. The molecule has 282 valence electrons. The number of Topliss-reactive ketones (excluding diaryl/α,β-unsaturated/α-hetero) is 1. The Morgan fingerprint density at radius 2 is 1.46 bits per heavy atom. The number of nitrogens with one attached hydrogen (secondary N) is 1. The maximum Gasteiger partial charge on any atom is 0.407 e. The molecule has 0 aliphatic heterocycles. The molecule has 0 aromatic heterocycles. The van der Waals surface area contributed by atoms with Gasteiger partial charge in [0.25, 0.3) is 0 Å². The molecule has 0 bridgehead atoms. The van der Waals surface area contributed by atoms with Gasteiger partial charge in [-0.3, -0.25) is 4.79 Å². The van der Waals surface area contributed by atoms with Crippen LogP contribution in [0.25, 0.3) is 0 Å². The molecule has 4 nitrogen and oxygen atoms in total. The summed E-state index contributed by atoms with van der Waals surface area (Å²) in [5.41, 5.74) is 0.577. The molecular weight excluding hydrogens is 590 g/mol. The minimum atomic E-state index is -0.300. The monoisotopic (exact) mass is 674 g/mol. The SMILES string of the molecule is CCC/C=C\CCCCCCCCC(=O)CCCNC(=O)O[C@@H]1CCC[C@H]([C@H](C)CCCC(C)C)C(C)(C)CCC(C)[C@](C)(CC)CC1. The van der Waals surface area contributed by atoms with Crippen LogP contribution in [0.3, 0.4) is 0 Å². The highest BCUT2D eigenvalue weighted by Gasteiger charge is 2.37. The van der Waals surface area contributed by atoms with Crippen molar-refractivity contribution in [3.05, 3.63) is 12.2 Å². The van der Waals surface area contributed by atoms with Crippen LogP contribution in [0.4, 0.5) is 4.79 Å². The number of hydrogen-bond donors (Lipinski definition) is 1. The summed E-state index contributed by atoms with van der Waals surface area (Å²) in [7, 11) is 0. The molecule has 0 saturated heterocycles. The first-order valence-electron chi connectivity index (χ1n) is 21.0. The van der Waals surface area contributed by atoms with Crippen molar-refractivity contribution in [3.8, 4) is 0 Å². The van der Waals surface area contributed by atoms with Crippen molar-refractivity contribution in [3.63, 3.8) is 0 Å². The van der Waals surface area contributed by atoms with E-state index in [-0.39, 0.29) is 17.6 Å². The van der Waals surface area contributed by atoms with Crippen LogP contribution in [0.2, 0.25) is 0 Å². The van der Waals surface area contributed by atoms with Gasteiger partial charge >= 0.3 is 6.09 Å². The third-order valence-electron chi connectivity index (χ3n) is 12.3. The van der Waals surface area contributed by atoms with Gasteiger partial charge in [0.05, 0.1) is 0 Å². The third-order valence-corrected chi connectivity index (χ3v) is 12.3. The van der Waals surface area contributed by atoms with Crippen LogP contribution in [0.15, 0.2) is 12.2 Å². The van der Waals surface area contributed by atoms with E-state index < -0.39 is 0 Å². The Kier molecular flexibility index (Phi) is 23.8. The van der Waals surface area contributed by atoms with E-state index in [0.717, 1.165) is 50.9 Å². The zero-order valence-electron chi connectivity index (χ0n) is 33.7. The van der Waals surface area contributed by atoms with Gasteiger partial charge in [0.1, 0.15) is 11.9 Å². The molecule has 1 N–H and O–H groups in total. The normalized spacial score (nSPS) is 24.6. The van der Waals surface area contributed by atoms with Crippen molar-refractivity contribution in [2.24, 2.45) is 34.5 Å². The van der Waals surface area contributed by atoms with Gasteiger partial charge in [-0.05, 0) is 112 Å². The molecule has 1 saturated carbocycles. The number of carbonyl (C=O) groups excluding carboxylic acids is 2. The van der Waals surface area contributed by atoms with Crippen molar-refractivity contribution in [2.75, 3.05) is 6.54 Å². The lowest BCUT2D eigenvalue weighted by Gasteiger charge is -2.43. The quantitative estimate of drug-likeness (QED) is 0.0919. The van der Waals surface area contributed by atoms with Crippen LogP contribution in [0, 0.1) is 34.5 Å². The zero-order valence-corrected chi connectivity index (χ0v) is 33.7. The summed E-state index contributed by atoms with van der Waals surface area (Å²) in [6.45, 7) is 22.2. The summed E-state index contributed by atoms with van der Waals surface area (Å²) in [6.07, 6.45) is 30.1. The number of ketones is 1. The highest BCUT2D eigenvalue weighted by molar-refractivity contribution is 5.78. The molecule has 0 heterocycles. The molecule has 1 fully saturated rings. The smallest absolute Gasteiger partial charge is 0.407 e. The number of carbonyl (C=O) groups is 2. The second kappa shape index (κ2) is 25.6.